The first-order valence-electron chi connectivity index (χ1n) is 16.2. The molecular formula is C37H35N5O4. The summed E-state index contributed by atoms with van der Waals surface area (Å²) in [6, 6.07) is 19.7. The third-order valence-electron chi connectivity index (χ3n) is 10.5. The van der Waals surface area contributed by atoms with E-state index in [4.69, 9.17) is 9.72 Å². The van der Waals surface area contributed by atoms with E-state index in [9.17, 15) is 14.7 Å². The molecule has 0 radical (unpaired) electrons. The maximum atomic E-state index is 13.7. The van der Waals surface area contributed by atoms with Crippen LogP contribution in [0, 0.1) is 11.8 Å². The van der Waals surface area contributed by atoms with Crippen molar-refractivity contribution in [2.45, 2.75) is 44.7 Å². The number of nitrogens with zero attached hydrogens (tertiary/aromatic N) is 4. The van der Waals surface area contributed by atoms with Crippen molar-refractivity contribution in [2.24, 2.45) is 18.9 Å². The fourth-order valence-electron chi connectivity index (χ4n) is 7.95. The monoisotopic (exact) mass is 613 g/mol. The Morgan fingerprint density at radius 3 is 2.61 bits per heavy atom. The number of rotatable bonds is 6. The molecule has 2 unspecified atom stereocenters. The maximum absolute atomic E-state index is 13.7. The largest absolute Gasteiger partial charge is 0.507 e. The lowest BCUT2D eigenvalue weighted by molar-refractivity contribution is 0.0703. The van der Waals surface area contributed by atoms with Gasteiger partial charge in [0.2, 0.25) is 0 Å². The Hall–Kier alpha value is -5.05. The molecule has 3 aromatic heterocycles. The SMILES string of the molecule is COc1cc(C(=O)N2CC3CCC2C3)cc2nc(-c3cc4ccc(-c5ccc6[nH]c(=O)cc(O)c6c5)cc4n3CC3CC3)n(C)c12. The quantitative estimate of drug-likeness (QED) is 0.225. The van der Waals surface area contributed by atoms with Crippen molar-refractivity contribution in [1.29, 1.82) is 0 Å². The van der Waals surface area contributed by atoms with Gasteiger partial charge in [-0.05, 0) is 91.5 Å². The fraction of sp³-hybridized carbons (Fsp3) is 0.324. The summed E-state index contributed by atoms with van der Waals surface area (Å²) in [5.41, 5.74) is 6.64. The highest BCUT2D eigenvalue weighted by Gasteiger charge is 2.40. The normalized spacial score (nSPS) is 19.2. The van der Waals surface area contributed by atoms with Gasteiger partial charge in [-0.3, -0.25) is 9.59 Å². The zero-order valence-corrected chi connectivity index (χ0v) is 25.9. The second-order valence-corrected chi connectivity index (χ2v) is 13.5. The predicted molar refractivity (Wildman–Crippen MR) is 178 cm³/mol. The van der Waals surface area contributed by atoms with E-state index in [2.05, 4.69) is 43.3 Å². The summed E-state index contributed by atoms with van der Waals surface area (Å²) in [7, 11) is 3.67. The van der Waals surface area contributed by atoms with Crippen molar-refractivity contribution in [3.05, 3.63) is 76.6 Å². The van der Waals surface area contributed by atoms with Crippen LogP contribution in [0.4, 0.5) is 0 Å². The summed E-state index contributed by atoms with van der Waals surface area (Å²) in [5.74, 6) is 2.78. The summed E-state index contributed by atoms with van der Waals surface area (Å²) in [6.07, 6.45) is 5.87. The number of carbonyl (C=O) groups excluding carboxylic acids is 1. The first-order chi connectivity index (χ1) is 22.3. The summed E-state index contributed by atoms with van der Waals surface area (Å²) >= 11 is 0. The fourth-order valence-corrected chi connectivity index (χ4v) is 7.95. The number of H-pyrrole nitrogens is 1. The number of aromatic hydroxyl groups is 1. The number of piperidine rings is 1. The molecular weight excluding hydrogens is 578 g/mol. The van der Waals surface area contributed by atoms with Gasteiger partial charge in [0.1, 0.15) is 17.0 Å². The van der Waals surface area contributed by atoms with Gasteiger partial charge in [-0.25, -0.2) is 4.98 Å². The number of amides is 1. The first-order valence-corrected chi connectivity index (χ1v) is 16.2. The number of hydrogen-bond acceptors (Lipinski definition) is 5. The number of methoxy groups -OCH3 is 1. The number of ether oxygens (including phenoxy) is 1. The Bertz CT molecular complexity index is 2290. The van der Waals surface area contributed by atoms with E-state index in [1.54, 1.807) is 7.11 Å². The van der Waals surface area contributed by atoms with Crippen LogP contribution in [-0.4, -0.2) is 54.7 Å². The van der Waals surface area contributed by atoms with Crippen LogP contribution in [0.3, 0.4) is 0 Å². The molecule has 1 amide bonds. The topological polar surface area (TPSA) is 105 Å². The molecule has 0 spiro atoms. The van der Waals surface area contributed by atoms with Gasteiger partial charge >= 0.3 is 0 Å². The van der Waals surface area contributed by atoms with Crippen LogP contribution in [0.5, 0.6) is 11.5 Å². The Kier molecular flexibility index (Phi) is 5.91. The molecule has 9 rings (SSSR count). The number of likely N-dealkylation sites (tertiary alicyclic amines) is 1. The number of benzene rings is 3. The number of fused-ring (bicyclic) bond motifs is 5. The second kappa shape index (κ2) is 9.97. The predicted octanol–water partition coefficient (Wildman–Crippen LogP) is 6.45. The van der Waals surface area contributed by atoms with E-state index in [0.717, 1.165) is 70.5 Å². The summed E-state index contributed by atoms with van der Waals surface area (Å²) in [5, 5.41) is 12.2. The highest BCUT2D eigenvalue weighted by atomic mass is 16.5. The highest BCUT2D eigenvalue weighted by molar-refractivity contribution is 6.01. The number of imidazole rings is 1. The van der Waals surface area contributed by atoms with E-state index in [1.165, 1.54) is 25.3 Å². The zero-order valence-electron chi connectivity index (χ0n) is 25.9. The Balaban J connectivity index is 1.16. The van der Waals surface area contributed by atoms with Crippen molar-refractivity contribution in [3.8, 4) is 34.1 Å². The molecule has 3 fully saturated rings. The first kappa shape index (κ1) is 27.3. The summed E-state index contributed by atoms with van der Waals surface area (Å²) in [6.45, 7) is 1.74. The van der Waals surface area contributed by atoms with Crippen LogP contribution in [0.2, 0.25) is 0 Å². The molecule has 46 heavy (non-hydrogen) atoms. The number of pyridine rings is 1. The molecule has 2 saturated carbocycles. The molecule has 1 saturated heterocycles. The average molecular weight is 614 g/mol. The van der Waals surface area contributed by atoms with Crippen LogP contribution in [0.25, 0.3) is 55.5 Å². The molecule has 6 aromatic rings. The minimum atomic E-state index is -0.328. The van der Waals surface area contributed by atoms with Gasteiger partial charge in [0.25, 0.3) is 11.5 Å². The molecule has 9 heteroatoms. The smallest absolute Gasteiger partial charge is 0.254 e. The van der Waals surface area contributed by atoms with Gasteiger partial charge < -0.3 is 28.9 Å². The molecule has 2 bridgehead atoms. The second-order valence-electron chi connectivity index (χ2n) is 13.5. The Morgan fingerprint density at radius 2 is 1.85 bits per heavy atom. The van der Waals surface area contributed by atoms with E-state index < -0.39 is 0 Å². The van der Waals surface area contributed by atoms with E-state index in [0.29, 0.717) is 40.1 Å². The Labute approximate surface area is 265 Å². The Morgan fingerprint density at radius 1 is 1.02 bits per heavy atom. The van der Waals surface area contributed by atoms with E-state index in [-0.39, 0.29) is 17.2 Å². The molecule has 1 aliphatic heterocycles. The minimum absolute atomic E-state index is 0.0316. The van der Waals surface area contributed by atoms with Gasteiger partial charge in [-0.2, -0.15) is 0 Å². The van der Waals surface area contributed by atoms with E-state index in [1.807, 2.05) is 37.4 Å². The maximum Gasteiger partial charge on any atom is 0.254 e. The van der Waals surface area contributed by atoms with Crippen LogP contribution >= 0.6 is 0 Å². The van der Waals surface area contributed by atoms with Crippen molar-refractivity contribution in [3.63, 3.8) is 0 Å². The lowest BCUT2D eigenvalue weighted by Gasteiger charge is -2.27. The molecule has 2 aliphatic carbocycles. The van der Waals surface area contributed by atoms with Crippen LogP contribution in [-0.2, 0) is 13.6 Å². The highest BCUT2D eigenvalue weighted by Crippen LogP contribution is 2.41. The molecule has 4 heterocycles. The van der Waals surface area contributed by atoms with Crippen molar-refractivity contribution >= 4 is 38.7 Å². The molecule has 3 aromatic carbocycles. The van der Waals surface area contributed by atoms with Gasteiger partial charge in [0, 0.05) is 54.1 Å². The molecule has 232 valence electrons. The molecule has 9 nitrogen and oxygen atoms in total. The van der Waals surface area contributed by atoms with Gasteiger partial charge in [-0.1, -0.05) is 18.2 Å². The number of hydrogen-bond donors (Lipinski definition) is 2. The molecule has 3 aliphatic rings. The number of aryl methyl sites for hydroxylation is 1. The standard InChI is InChI=1S/C37H35N5O4/c1-40-35-29(13-25(16-33(35)46-2)37(45)41-19-21-5-9-26(41)11-21)39-36(40)31-15-24-7-6-23(14-30(24)42(31)18-20-3-4-20)22-8-10-28-27(12-22)32(43)17-34(44)38-28/h6-8,10,12-17,20-21,26H,3-5,9,11,18-19H2,1-2H3,(H2,38,43,44). The number of aromatic nitrogens is 4. The minimum Gasteiger partial charge on any atom is -0.507 e. The van der Waals surface area contributed by atoms with Gasteiger partial charge in [0.15, 0.2) is 5.82 Å². The average Bonchev–Trinajstić information content (AvgIpc) is 3.34. The number of nitrogens with one attached hydrogen (secondary N) is 1. The molecule has 2 N–H and O–H groups in total. The van der Waals surface area contributed by atoms with Crippen LogP contribution < -0.4 is 10.3 Å². The summed E-state index contributed by atoms with van der Waals surface area (Å²) in [4.78, 5) is 35.5. The van der Waals surface area contributed by atoms with Crippen molar-refractivity contribution in [2.75, 3.05) is 13.7 Å². The number of carbonyl (C=O) groups is 1. The lowest BCUT2D eigenvalue weighted by atomic mass is 10.0. The third kappa shape index (κ3) is 4.25. The van der Waals surface area contributed by atoms with Crippen LogP contribution in [0.15, 0.2) is 65.5 Å². The van der Waals surface area contributed by atoms with Crippen LogP contribution in [0.1, 0.15) is 42.5 Å². The van der Waals surface area contributed by atoms with Crippen molar-refractivity contribution in [1.82, 2.24) is 24.0 Å². The third-order valence-corrected chi connectivity index (χ3v) is 10.5. The van der Waals surface area contributed by atoms with Gasteiger partial charge in [-0.15, -0.1) is 0 Å². The number of aromatic amines is 1. The van der Waals surface area contributed by atoms with E-state index >= 15 is 0 Å². The summed E-state index contributed by atoms with van der Waals surface area (Å²) < 4.78 is 10.3. The van der Waals surface area contributed by atoms with Gasteiger partial charge in [0.05, 0.1) is 23.8 Å². The molecule has 2 atom stereocenters. The zero-order chi connectivity index (χ0) is 31.3. The lowest BCUT2D eigenvalue weighted by Crippen LogP contribution is -2.37. The van der Waals surface area contributed by atoms with Crippen molar-refractivity contribution < 1.29 is 14.6 Å².